The van der Waals surface area contributed by atoms with Gasteiger partial charge in [-0.3, -0.25) is 0 Å². The van der Waals surface area contributed by atoms with E-state index in [0.29, 0.717) is 0 Å². The smallest absolute Gasteiger partial charge is 0.0822 e. The molecule has 0 N–H and O–H groups in total. The van der Waals surface area contributed by atoms with Gasteiger partial charge in [-0.15, -0.1) is 0 Å². The average molecular weight is 415 g/mol. The third-order valence-corrected chi connectivity index (χ3v) is 6.78. The summed E-state index contributed by atoms with van der Waals surface area (Å²) in [6, 6.07) is 42.1. The molecular formula is C26H22OS2. The van der Waals surface area contributed by atoms with Crippen molar-refractivity contribution in [2.45, 2.75) is 10.5 Å². The van der Waals surface area contributed by atoms with Crippen LogP contribution in [-0.2, 0) is 3.63 Å². The predicted molar refractivity (Wildman–Crippen MR) is 126 cm³/mol. The molecule has 0 aliphatic rings. The van der Waals surface area contributed by atoms with Crippen molar-refractivity contribution in [2.75, 3.05) is 0 Å². The summed E-state index contributed by atoms with van der Waals surface area (Å²) in [4.78, 5) is 0. The SMILES string of the molecule is c1ccc(C(SOSC(c2ccccc2)c2ccccc2)c2ccccc2)cc1. The maximum absolute atomic E-state index is 6.21. The molecule has 0 radical (unpaired) electrons. The maximum atomic E-state index is 6.21. The van der Waals surface area contributed by atoms with E-state index in [1.165, 1.54) is 46.3 Å². The van der Waals surface area contributed by atoms with E-state index in [0.717, 1.165) is 0 Å². The first-order valence-electron chi connectivity index (χ1n) is 9.60. The molecule has 0 atom stereocenters. The molecule has 0 aliphatic carbocycles. The summed E-state index contributed by atoms with van der Waals surface area (Å²) < 4.78 is 6.21. The molecule has 0 unspecified atom stereocenters. The van der Waals surface area contributed by atoms with Crippen LogP contribution in [0.3, 0.4) is 0 Å². The quantitative estimate of drug-likeness (QED) is 0.271. The van der Waals surface area contributed by atoms with Gasteiger partial charge in [0.2, 0.25) is 0 Å². The molecule has 0 spiro atoms. The van der Waals surface area contributed by atoms with Gasteiger partial charge in [0.1, 0.15) is 0 Å². The second-order valence-electron chi connectivity index (χ2n) is 6.66. The van der Waals surface area contributed by atoms with Crippen LogP contribution in [0.4, 0.5) is 0 Å². The Morgan fingerprint density at radius 1 is 0.379 bits per heavy atom. The monoisotopic (exact) mass is 414 g/mol. The molecule has 0 heterocycles. The summed E-state index contributed by atoms with van der Waals surface area (Å²) in [5, 5.41) is 0.245. The van der Waals surface area contributed by atoms with Crippen molar-refractivity contribution in [1.82, 2.24) is 0 Å². The largest absolute Gasteiger partial charge is 0.245 e. The topological polar surface area (TPSA) is 9.23 Å². The first kappa shape index (κ1) is 19.8. The molecule has 0 fully saturated rings. The Kier molecular flexibility index (Phi) is 7.08. The zero-order valence-electron chi connectivity index (χ0n) is 15.9. The highest BCUT2D eigenvalue weighted by Crippen LogP contribution is 2.44. The minimum Gasteiger partial charge on any atom is -0.245 e. The Bertz CT molecular complexity index is 814. The van der Waals surface area contributed by atoms with Crippen molar-refractivity contribution in [3.05, 3.63) is 144 Å². The summed E-state index contributed by atoms with van der Waals surface area (Å²) in [7, 11) is 0. The lowest BCUT2D eigenvalue weighted by Crippen LogP contribution is -1.99. The van der Waals surface area contributed by atoms with Gasteiger partial charge in [-0.25, -0.2) is 3.63 Å². The molecule has 0 saturated carbocycles. The molecule has 0 aromatic heterocycles. The zero-order valence-corrected chi connectivity index (χ0v) is 17.6. The van der Waals surface area contributed by atoms with E-state index in [1.807, 2.05) is 24.3 Å². The van der Waals surface area contributed by atoms with Crippen LogP contribution in [0.25, 0.3) is 0 Å². The number of hydrogen-bond acceptors (Lipinski definition) is 3. The van der Waals surface area contributed by atoms with Crippen molar-refractivity contribution in [3.8, 4) is 0 Å². The van der Waals surface area contributed by atoms with E-state index >= 15 is 0 Å². The second kappa shape index (κ2) is 10.4. The molecule has 4 aromatic rings. The summed E-state index contributed by atoms with van der Waals surface area (Å²) in [6.07, 6.45) is 0. The molecule has 0 saturated heterocycles. The van der Waals surface area contributed by atoms with Gasteiger partial charge in [0.15, 0.2) is 0 Å². The second-order valence-corrected chi connectivity index (χ2v) is 8.54. The molecule has 144 valence electrons. The first-order valence-corrected chi connectivity index (χ1v) is 11.2. The fourth-order valence-electron chi connectivity index (χ4n) is 3.22. The van der Waals surface area contributed by atoms with E-state index in [1.54, 1.807) is 0 Å². The maximum Gasteiger partial charge on any atom is 0.0822 e. The van der Waals surface area contributed by atoms with Crippen LogP contribution in [0.5, 0.6) is 0 Å². The number of hydrogen-bond donors (Lipinski definition) is 0. The van der Waals surface area contributed by atoms with Crippen LogP contribution in [0.1, 0.15) is 32.8 Å². The Morgan fingerprint density at radius 3 is 0.862 bits per heavy atom. The van der Waals surface area contributed by atoms with Gasteiger partial charge in [-0.1, -0.05) is 121 Å². The molecule has 1 nitrogen and oxygen atoms in total. The third-order valence-electron chi connectivity index (χ3n) is 4.68. The lowest BCUT2D eigenvalue weighted by molar-refractivity contribution is 0.739. The molecule has 3 heteroatoms. The molecular weight excluding hydrogens is 392 g/mol. The van der Waals surface area contributed by atoms with E-state index in [9.17, 15) is 0 Å². The number of benzene rings is 4. The lowest BCUT2D eigenvalue weighted by Gasteiger charge is -2.20. The third kappa shape index (κ3) is 5.33. The Labute approximate surface area is 181 Å². The fourth-order valence-corrected chi connectivity index (χ4v) is 5.10. The van der Waals surface area contributed by atoms with Crippen molar-refractivity contribution in [1.29, 1.82) is 0 Å². The zero-order chi connectivity index (χ0) is 19.7. The summed E-state index contributed by atoms with van der Waals surface area (Å²) in [5.74, 6) is 0. The minimum atomic E-state index is 0.122. The van der Waals surface area contributed by atoms with Gasteiger partial charge in [0.25, 0.3) is 0 Å². The van der Waals surface area contributed by atoms with Gasteiger partial charge in [-0.2, -0.15) is 0 Å². The van der Waals surface area contributed by atoms with Crippen LogP contribution in [0.15, 0.2) is 121 Å². The van der Waals surface area contributed by atoms with Gasteiger partial charge in [0.05, 0.1) is 10.5 Å². The van der Waals surface area contributed by atoms with Crippen molar-refractivity contribution in [3.63, 3.8) is 0 Å². The Hall–Kier alpha value is -2.46. The first-order chi connectivity index (χ1) is 14.4. The van der Waals surface area contributed by atoms with Crippen LogP contribution in [0, 0.1) is 0 Å². The van der Waals surface area contributed by atoms with Crippen LogP contribution >= 0.6 is 24.1 Å². The Balaban J connectivity index is 1.53. The normalized spacial score (nSPS) is 11.1. The molecule has 4 rings (SSSR count). The van der Waals surface area contributed by atoms with E-state index in [2.05, 4.69) is 97.1 Å². The standard InChI is InChI=1S/C26H22OS2/c1-5-13-21(14-6-1)25(22-15-7-2-8-16-22)28-27-29-26(23-17-9-3-10-18-23)24-19-11-4-12-20-24/h1-20,25-26H. The Morgan fingerprint density at radius 2 is 0.621 bits per heavy atom. The molecule has 0 amide bonds. The van der Waals surface area contributed by atoms with E-state index < -0.39 is 0 Å². The minimum absolute atomic E-state index is 0.122. The van der Waals surface area contributed by atoms with Crippen LogP contribution in [0.2, 0.25) is 0 Å². The van der Waals surface area contributed by atoms with E-state index in [4.69, 9.17) is 3.63 Å². The summed E-state index contributed by atoms with van der Waals surface area (Å²) in [5.41, 5.74) is 4.95. The predicted octanol–water partition coefficient (Wildman–Crippen LogP) is 7.88. The highest BCUT2D eigenvalue weighted by atomic mass is 32.2. The van der Waals surface area contributed by atoms with Crippen LogP contribution < -0.4 is 0 Å². The average Bonchev–Trinajstić information content (AvgIpc) is 2.81. The van der Waals surface area contributed by atoms with Crippen molar-refractivity contribution >= 4 is 24.1 Å². The fraction of sp³-hybridized carbons (Fsp3) is 0.0769. The van der Waals surface area contributed by atoms with Crippen molar-refractivity contribution in [2.24, 2.45) is 0 Å². The highest BCUT2D eigenvalue weighted by molar-refractivity contribution is 8.08. The van der Waals surface area contributed by atoms with E-state index in [-0.39, 0.29) is 10.5 Å². The van der Waals surface area contributed by atoms with Gasteiger partial charge in [0, 0.05) is 24.1 Å². The van der Waals surface area contributed by atoms with Gasteiger partial charge >= 0.3 is 0 Å². The summed E-state index contributed by atoms with van der Waals surface area (Å²) in [6.45, 7) is 0. The molecule has 0 aliphatic heterocycles. The molecule has 4 aromatic carbocycles. The van der Waals surface area contributed by atoms with Gasteiger partial charge in [-0.05, 0) is 22.3 Å². The van der Waals surface area contributed by atoms with Gasteiger partial charge < -0.3 is 0 Å². The molecule has 0 bridgehead atoms. The van der Waals surface area contributed by atoms with Crippen LogP contribution in [-0.4, -0.2) is 0 Å². The number of rotatable bonds is 8. The summed E-state index contributed by atoms with van der Waals surface area (Å²) >= 11 is 3.02. The highest BCUT2D eigenvalue weighted by Gasteiger charge is 2.20. The molecule has 29 heavy (non-hydrogen) atoms. The van der Waals surface area contributed by atoms with Crippen molar-refractivity contribution < 1.29 is 3.63 Å². The lowest BCUT2D eigenvalue weighted by atomic mass is 10.0.